The van der Waals surface area contributed by atoms with Gasteiger partial charge >= 0.3 is 0 Å². The van der Waals surface area contributed by atoms with Crippen LogP contribution in [0.3, 0.4) is 0 Å². The van der Waals surface area contributed by atoms with Crippen LogP contribution < -0.4 is 5.32 Å². The van der Waals surface area contributed by atoms with Crippen LogP contribution in [0.1, 0.15) is 22.8 Å². The zero-order valence-electron chi connectivity index (χ0n) is 18.1. The molecule has 1 atom stereocenters. The van der Waals surface area contributed by atoms with E-state index < -0.39 is 15.1 Å². The fraction of sp³-hybridized carbons (Fsp3) is 0.381. The molecular formula is C21H23Cl2N5O3S2. The molecule has 176 valence electrons. The molecule has 1 N–H and O–H groups in total. The van der Waals surface area contributed by atoms with Crippen LogP contribution in [-0.4, -0.2) is 71.5 Å². The molecule has 3 aromatic rings. The van der Waals surface area contributed by atoms with Crippen molar-refractivity contribution in [1.82, 2.24) is 19.2 Å². The van der Waals surface area contributed by atoms with Crippen LogP contribution in [-0.2, 0) is 10.0 Å². The molecule has 0 aliphatic carbocycles. The molecule has 1 saturated heterocycles. The molecule has 0 radical (unpaired) electrons. The van der Waals surface area contributed by atoms with Crippen molar-refractivity contribution >= 4 is 65.7 Å². The van der Waals surface area contributed by atoms with Gasteiger partial charge in [0, 0.05) is 44.3 Å². The van der Waals surface area contributed by atoms with Crippen LogP contribution >= 0.6 is 34.5 Å². The SMILES string of the molecule is Cc1csc2c(N[C@@H](C)CN3CCN(S(=O)(=O)C(=O)c4ccc(Cl)c(Cl)c4)CC3)ncnc12. The second-order valence-electron chi connectivity index (χ2n) is 7.99. The number of rotatable bonds is 6. The predicted octanol–water partition coefficient (Wildman–Crippen LogP) is 3.89. The van der Waals surface area contributed by atoms with Gasteiger partial charge in [0.05, 0.1) is 20.3 Å². The number of benzene rings is 1. The molecule has 8 nitrogen and oxygen atoms in total. The fourth-order valence-corrected chi connectivity index (χ4v) is 6.34. The van der Waals surface area contributed by atoms with E-state index in [1.54, 1.807) is 17.7 Å². The van der Waals surface area contributed by atoms with Gasteiger partial charge in [0.25, 0.3) is 15.1 Å². The van der Waals surface area contributed by atoms with Gasteiger partial charge in [-0.05, 0) is 43.0 Å². The summed E-state index contributed by atoms with van der Waals surface area (Å²) in [5.74, 6) is 0.805. The van der Waals surface area contributed by atoms with Crippen molar-refractivity contribution in [3.05, 3.63) is 51.1 Å². The van der Waals surface area contributed by atoms with Crippen molar-refractivity contribution in [1.29, 1.82) is 0 Å². The molecule has 33 heavy (non-hydrogen) atoms. The van der Waals surface area contributed by atoms with Gasteiger partial charge in [-0.25, -0.2) is 18.4 Å². The van der Waals surface area contributed by atoms with Crippen molar-refractivity contribution in [2.75, 3.05) is 38.0 Å². The van der Waals surface area contributed by atoms with Crippen LogP contribution in [0.4, 0.5) is 5.82 Å². The first-order chi connectivity index (χ1) is 15.7. The highest BCUT2D eigenvalue weighted by atomic mass is 35.5. The third-order valence-electron chi connectivity index (χ3n) is 5.51. The van der Waals surface area contributed by atoms with E-state index in [9.17, 15) is 13.2 Å². The second kappa shape index (κ2) is 9.81. The standard InChI is InChI=1S/C21H23Cl2N5O3S2/c1-13-11-32-19-18(13)24-12-25-20(19)26-14(2)10-27-5-7-28(8-6-27)33(30,31)21(29)15-3-4-16(22)17(23)9-15/h3-4,9,11-12,14H,5-8,10H2,1-2H3,(H,24,25,26)/t14-/m0/s1. The number of hydrogen-bond donors (Lipinski definition) is 1. The number of aryl methyl sites for hydroxylation is 1. The smallest absolute Gasteiger partial charge is 0.291 e. The summed E-state index contributed by atoms with van der Waals surface area (Å²) < 4.78 is 27.9. The van der Waals surface area contributed by atoms with Gasteiger partial charge in [-0.2, -0.15) is 4.31 Å². The maximum absolute atomic E-state index is 12.8. The highest BCUT2D eigenvalue weighted by Gasteiger charge is 2.34. The molecule has 0 bridgehead atoms. The molecule has 4 rings (SSSR count). The van der Waals surface area contributed by atoms with Gasteiger partial charge in [0.15, 0.2) is 0 Å². The minimum absolute atomic E-state index is 0.00429. The lowest BCUT2D eigenvalue weighted by molar-refractivity contribution is 0.106. The first kappa shape index (κ1) is 24.3. The Bertz CT molecular complexity index is 1290. The lowest BCUT2D eigenvalue weighted by atomic mass is 10.2. The van der Waals surface area contributed by atoms with E-state index in [1.807, 2.05) is 6.92 Å². The highest BCUT2D eigenvalue weighted by molar-refractivity contribution is 8.04. The lowest BCUT2D eigenvalue weighted by Crippen LogP contribution is -2.52. The Morgan fingerprint density at radius 3 is 2.61 bits per heavy atom. The molecule has 0 unspecified atom stereocenters. The van der Waals surface area contributed by atoms with E-state index in [-0.39, 0.29) is 34.7 Å². The van der Waals surface area contributed by atoms with Crippen molar-refractivity contribution in [2.24, 2.45) is 0 Å². The first-order valence-electron chi connectivity index (χ1n) is 10.3. The molecule has 0 amide bonds. The molecule has 2 aromatic heterocycles. The van der Waals surface area contributed by atoms with Crippen molar-refractivity contribution in [3.63, 3.8) is 0 Å². The number of carbonyl (C=O) groups is 1. The number of aromatic nitrogens is 2. The van der Waals surface area contributed by atoms with Gasteiger partial charge < -0.3 is 5.32 Å². The van der Waals surface area contributed by atoms with E-state index in [2.05, 4.69) is 32.5 Å². The number of nitrogens with one attached hydrogen (secondary N) is 1. The number of piperazine rings is 1. The Hall–Kier alpha value is -1.82. The zero-order valence-corrected chi connectivity index (χ0v) is 21.2. The van der Waals surface area contributed by atoms with E-state index in [1.165, 1.54) is 22.5 Å². The summed E-state index contributed by atoms with van der Waals surface area (Å²) in [5, 5.41) is 4.94. The molecule has 3 heterocycles. The molecule has 1 aliphatic heterocycles. The topological polar surface area (TPSA) is 95.5 Å². The summed E-state index contributed by atoms with van der Waals surface area (Å²) in [6, 6.07) is 4.16. The Morgan fingerprint density at radius 2 is 1.91 bits per heavy atom. The zero-order chi connectivity index (χ0) is 23.8. The summed E-state index contributed by atoms with van der Waals surface area (Å²) >= 11 is 13.4. The van der Waals surface area contributed by atoms with E-state index in [0.29, 0.717) is 19.6 Å². The number of hydrogen-bond acceptors (Lipinski definition) is 8. The number of nitrogens with zero attached hydrogens (tertiary/aromatic N) is 4. The Balaban J connectivity index is 1.35. The van der Waals surface area contributed by atoms with Crippen LogP contribution in [0.2, 0.25) is 10.0 Å². The molecule has 1 aromatic carbocycles. The minimum atomic E-state index is -4.13. The van der Waals surface area contributed by atoms with Gasteiger partial charge in [-0.1, -0.05) is 23.2 Å². The summed E-state index contributed by atoms with van der Waals surface area (Å²) in [4.78, 5) is 23.5. The second-order valence-corrected chi connectivity index (χ2v) is 11.5. The average Bonchev–Trinajstić information content (AvgIpc) is 3.17. The number of thiophene rings is 1. The highest BCUT2D eigenvalue weighted by Crippen LogP contribution is 2.29. The van der Waals surface area contributed by atoms with Crippen LogP contribution in [0.25, 0.3) is 10.2 Å². The predicted molar refractivity (Wildman–Crippen MR) is 133 cm³/mol. The number of halogens is 2. The quantitative estimate of drug-likeness (QED) is 0.519. The minimum Gasteiger partial charge on any atom is -0.365 e. The number of sulfonamides is 1. The van der Waals surface area contributed by atoms with Crippen molar-refractivity contribution in [3.8, 4) is 0 Å². The maximum atomic E-state index is 12.8. The summed E-state index contributed by atoms with van der Waals surface area (Å²) in [6.07, 6.45) is 1.56. The third-order valence-corrected chi connectivity index (χ3v) is 9.09. The van der Waals surface area contributed by atoms with E-state index in [0.717, 1.165) is 21.6 Å². The van der Waals surface area contributed by atoms with Crippen molar-refractivity contribution in [2.45, 2.75) is 19.9 Å². The Labute approximate surface area is 206 Å². The largest absolute Gasteiger partial charge is 0.365 e. The lowest BCUT2D eigenvalue weighted by Gasteiger charge is -2.35. The molecular weight excluding hydrogens is 505 g/mol. The third kappa shape index (κ3) is 5.16. The molecule has 0 spiro atoms. The van der Waals surface area contributed by atoms with Crippen LogP contribution in [0.5, 0.6) is 0 Å². The van der Waals surface area contributed by atoms with Gasteiger partial charge in [0.1, 0.15) is 12.1 Å². The maximum Gasteiger partial charge on any atom is 0.291 e. The van der Waals surface area contributed by atoms with Gasteiger partial charge in [-0.3, -0.25) is 9.69 Å². The van der Waals surface area contributed by atoms with Gasteiger partial charge in [-0.15, -0.1) is 11.3 Å². The molecule has 0 saturated carbocycles. The Kier molecular flexibility index (Phi) is 7.23. The van der Waals surface area contributed by atoms with Crippen molar-refractivity contribution < 1.29 is 13.2 Å². The first-order valence-corrected chi connectivity index (χ1v) is 13.4. The van der Waals surface area contributed by atoms with E-state index in [4.69, 9.17) is 23.2 Å². The monoisotopic (exact) mass is 527 g/mol. The number of fused-ring (bicyclic) bond motifs is 1. The van der Waals surface area contributed by atoms with Crippen LogP contribution in [0.15, 0.2) is 29.9 Å². The van der Waals surface area contributed by atoms with Crippen LogP contribution in [0, 0.1) is 6.92 Å². The molecule has 12 heteroatoms. The Morgan fingerprint density at radius 1 is 1.18 bits per heavy atom. The summed E-state index contributed by atoms with van der Waals surface area (Å²) in [5.41, 5.74) is 2.08. The molecule has 1 fully saturated rings. The average molecular weight is 528 g/mol. The van der Waals surface area contributed by atoms with Gasteiger partial charge in [0.2, 0.25) is 0 Å². The number of carbonyl (C=O) groups excluding carboxylic acids is 1. The van der Waals surface area contributed by atoms with E-state index >= 15 is 0 Å². The summed E-state index contributed by atoms with van der Waals surface area (Å²) in [7, 11) is -4.13. The summed E-state index contributed by atoms with van der Waals surface area (Å²) in [6.45, 7) is 6.33. The number of anilines is 1. The molecule has 1 aliphatic rings. The normalized spacial score (nSPS) is 16.7. The fourth-order valence-electron chi connectivity index (χ4n) is 3.78.